The monoisotopic (exact) mass is 300 g/mol. The van der Waals surface area contributed by atoms with Crippen LogP contribution in [0.5, 0.6) is 0 Å². The number of aromatic amines is 1. The van der Waals surface area contributed by atoms with Gasteiger partial charge in [0.05, 0.1) is 28.7 Å². The normalized spacial score (nSPS) is 13.0. The summed E-state index contributed by atoms with van der Waals surface area (Å²) in [4.78, 5) is 4.28. The molecule has 0 fully saturated rings. The molecule has 4 rings (SSSR count). The summed E-state index contributed by atoms with van der Waals surface area (Å²) in [6.45, 7) is 0. The zero-order valence-electron chi connectivity index (χ0n) is 11.4. The van der Waals surface area contributed by atoms with E-state index < -0.39 is 11.6 Å². The summed E-state index contributed by atoms with van der Waals surface area (Å²) < 4.78 is 29.7. The second kappa shape index (κ2) is 4.48. The van der Waals surface area contributed by atoms with Gasteiger partial charge in [-0.1, -0.05) is 6.07 Å². The number of nitrogens with one attached hydrogen (secondary N) is 2. The zero-order valence-corrected chi connectivity index (χ0v) is 11.4. The highest BCUT2D eigenvalue weighted by Crippen LogP contribution is 2.36. The fourth-order valence-corrected chi connectivity index (χ4v) is 2.43. The lowest BCUT2D eigenvalue weighted by atomic mass is 10.1. The largest absolute Gasteiger partial charge is 0.336 e. The number of aryl methyl sites for hydroxylation is 1. The molecule has 3 aromatic rings. The Morgan fingerprint density at radius 2 is 1.95 bits per heavy atom. The Kier molecular flexibility index (Phi) is 2.59. The van der Waals surface area contributed by atoms with Crippen LogP contribution in [0.1, 0.15) is 5.56 Å². The van der Waals surface area contributed by atoms with E-state index in [4.69, 9.17) is 0 Å². The van der Waals surface area contributed by atoms with E-state index in [0.29, 0.717) is 22.8 Å². The number of aromatic nitrogens is 4. The van der Waals surface area contributed by atoms with Crippen molar-refractivity contribution in [1.82, 2.24) is 20.0 Å². The van der Waals surface area contributed by atoms with E-state index >= 15 is 0 Å². The molecule has 8 heteroatoms. The Balaban J connectivity index is 1.98. The van der Waals surface area contributed by atoms with Gasteiger partial charge in [-0.2, -0.15) is 10.2 Å². The molecule has 0 radical (unpaired) electrons. The summed E-state index contributed by atoms with van der Waals surface area (Å²) in [7, 11) is 1.75. The predicted octanol–water partition coefficient (Wildman–Crippen LogP) is 2.59. The molecule has 2 N–H and O–H groups in total. The van der Waals surface area contributed by atoms with Crippen LogP contribution in [0.3, 0.4) is 0 Å². The van der Waals surface area contributed by atoms with Crippen molar-refractivity contribution in [3.05, 3.63) is 47.8 Å². The molecule has 3 heterocycles. The van der Waals surface area contributed by atoms with Gasteiger partial charge in [0, 0.05) is 13.2 Å². The van der Waals surface area contributed by atoms with E-state index in [0.717, 1.165) is 0 Å². The number of rotatable bonds is 1. The van der Waals surface area contributed by atoms with E-state index in [1.807, 2.05) is 0 Å². The van der Waals surface area contributed by atoms with Crippen molar-refractivity contribution in [1.29, 1.82) is 0 Å². The highest BCUT2D eigenvalue weighted by molar-refractivity contribution is 6.12. The number of benzene rings is 1. The summed E-state index contributed by atoms with van der Waals surface area (Å²) in [6, 6.07) is 3.67. The molecular formula is C14H10F2N6. The molecule has 110 valence electrons. The van der Waals surface area contributed by atoms with Crippen LogP contribution in [0.2, 0.25) is 0 Å². The van der Waals surface area contributed by atoms with Crippen molar-refractivity contribution < 1.29 is 8.78 Å². The van der Waals surface area contributed by atoms with E-state index in [2.05, 4.69) is 25.6 Å². The topological polar surface area (TPSA) is 70.9 Å². The van der Waals surface area contributed by atoms with Gasteiger partial charge < -0.3 is 5.32 Å². The quantitative estimate of drug-likeness (QED) is 0.725. The number of halogens is 2. The standard InChI is InChI=1S/C14H10F2N6/c1-22-6-7-12-10(5-17-20-12)18-14(19-13(7)21-22)11-8(15)3-2-4-9(11)16/h2-6H,1H3,(H,17,20)(H,18,19,21). The van der Waals surface area contributed by atoms with Crippen LogP contribution >= 0.6 is 0 Å². The van der Waals surface area contributed by atoms with Gasteiger partial charge in [0.1, 0.15) is 17.5 Å². The summed E-state index contributed by atoms with van der Waals surface area (Å²) in [5.74, 6) is -0.988. The SMILES string of the molecule is Cn1cc2c(n1)N=C(c1c(F)cccc1F)Nc1cn[nH]c1-2. The molecule has 6 nitrogen and oxygen atoms in total. The van der Waals surface area contributed by atoms with Crippen molar-refractivity contribution in [2.24, 2.45) is 12.0 Å². The minimum atomic E-state index is -0.698. The van der Waals surface area contributed by atoms with Gasteiger partial charge in [-0.3, -0.25) is 9.78 Å². The Morgan fingerprint density at radius 1 is 1.18 bits per heavy atom. The lowest BCUT2D eigenvalue weighted by Crippen LogP contribution is -2.16. The number of H-pyrrole nitrogens is 1. The van der Waals surface area contributed by atoms with Crippen LogP contribution in [0.25, 0.3) is 11.3 Å². The predicted molar refractivity (Wildman–Crippen MR) is 77.0 cm³/mol. The van der Waals surface area contributed by atoms with Crippen LogP contribution in [-0.2, 0) is 7.05 Å². The first kappa shape index (κ1) is 12.7. The molecule has 0 spiro atoms. The van der Waals surface area contributed by atoms with Gasteiger partial charge in [-0.15, -0.1) is 0 Å². The molecule has 0 bridgehead atoms. The van der Waals surface area contributed by atoms with Crippen molar-refractivity contribution in [3.63, 3.8) is 0 Å². The molecule has 0 saturated carbocycles. The molecular weight excluding hydrogens is 290 g/mol. The molecule has 0 atom stereocenters. The first-order valence-electron chi connectivity index (χ1n) is 6.51. The van der Waals surface area contributed by atoms with E-state index in [1.165, 1.54) is 24.4 Å². The maximum absolute atomic E-state index is 14.0. The number of hydrogen-bond donors (Lipinski definition) is 2. The molecule has 0 amide bonds. The van der Waals surface area contributed by atoms with Gasteiger partial charge in [-0.25, -0.2) is 13.8 Å². The molecule has 0 saturated heterocycles. The molecule has 1 aromatic carbocycles. The summed E-state index contributed by atoms with van der Waals surface area (Å²) >= 11 is 0. The number of fused-ring (bicyclic) bond motifs is 3. The van der Waals surface area contributed by atoms with Crippen molar-refractivity contribution in [2.75, 3.05) is 5.32 Å². The van der Waals surface area contributed by atoms with Crippen molar-refractivity contribution >= 4 is 17.3 Å². The maximum Gasteiger partial charge on any atom is 0.185 e. The minimum absolute atomic E-state index is 0.0516. The van der Waals surface area contributed by atoms with E-state index in [9.17, 15) is 8.78 Å². The highest BCUT2D eigenvalue weighted by atomic mass is 19.1. The maximum atomic E-state index is 14.0. The lowest BCUT2D eigenvalue weighted by molar-refractivity contribution is 0.579. The Labute approximate surface area is 123 Å². The first-order valence-corrected chi connectivity index (χ1v) is 6.51. The molecule has 2 aromatic heterocycles. The Morgan fingerprint density at radius 3 is 2.73 bits per heavy atom. The van der Waals surface area contributed by atoms with Crippen LogP contribution in [-0.4, -0.2) is 25.8 Å². The Hall–Kier alpha value is -3.03. The molecule has 0 aliphatic carbocycles. The van der Waals surface area contributed by atoms with Gasteiger partial charge in [0.15, 0.2) is 5.82 Å². The smallest absolute Gasteiger partial charge is 0.185 e. The molecule has 22 heavy (non-hydrogen) atoms. The van der Waals surface area contributed by atoms with Crippen LogP contribution in [0.15, 0.2) is 35.6 Å². The highest BCUT2D eigenvalue weighted by Gasteiger charge is 2.24. The zero-order chi connectivity index (χ0) is 15.3. The van der Waals surface area contributed by atoms with Crippen LogP contribution in [0.4, 0.5) is 20.3 Å². The third kappa shape index (κ3) is 1.80. The number of aliphatic imine (C=N–C) groups is 1. The molecule has 1 aliphatic rings. The third-order valence-corrected chi connectivity index (χ3v) is 3.39. The second-order valence-electron chi connectivity index (χ2n) is 4.88. The summed E-state index contributed by atoms with van der Waals surface area (Å²) in [5.41, 5.74) is 1.72. The van der Waals surface area contributed by atoms with Gasteiger partial charge in [-0.05, 0) is 12.1 Å². The second-order valence-corrected chi connectivity index (χ2v) is 4.88. The average molecular weight is 300 g/mol. The van der Waals surface area contributed by atoms with E-state index in [1.54, 1.807) is 17.9 Å². The van der Waals surface area contributed by atoms with Gasteiger partial charge in [0.25, 0.3) is 0 Å². The number of hydrogen-bond acceptors (Lipinski definition) is 4. The van der Waals surface area contributed by atoms with E-state index in [-0.39, 0.29) is 11.4 Å². The average Bonchev–Trinajstić information content (AvgIpc) is 3.02. The number of anilines is 1. The van der Waals surface area contributed by atoms with Gasteiger partial charge in [0.2, 0.25) is 0 Å². The Bertz CT molecular complexity index is 888. The minimum Gasteiger partial charge on any atom is -0.336 e. The fraction of sp³-hybridized carbons (Fsp3) is 0.0714. The summed E-state index contributed by atoms with van der Waals surface area (Å²) in [6.07, 6.45) is 3.30. The molecule has 1 aliphatic heterocycles. The van der Waals surface area contributed by atoms with Crippen LogP contribution < -0.4 is 5.32 Å². The lowest BCUT2D eigenvalue weighted by Gasteiger charge is -2.09. The molecule has 0 unspecified atom stereocenters. The first-order chi connectivity index (χ1) is 10.6. The van der Waals surface area contributed by atoms with Crippen molar-refractivity contribution in [2.45, 2.75) is 0 Å². The van der Waals surface area contributed by atoms with Crippen molar-refractivity contribution in [3.8, 4) is 11.3 Å². The third-order valence-electron chi connectivity index (χ3n) is 3.39. The van der Waals surface area contributed by atoms with Crippen LogP contribution in [0, 0.1) is 11.6 Å². The number of nitrogens with zero attached hydrogens (tertiary/aromatic N) is 4. The summed E-state index contributed by atoms with van der Waals surface area (Å²) in [5, 5.41) is 13.9. The van der Waals surface area contributed by atoms with Gasteiger partial charge >= 0.3 is 0 Å². The fourth-order valence-electron chi connectivity index (χ4n) is 2.43. The number of amidine groups is 1.